The topological polar surface area (TPSA) is 34.1 Å². The Hall–Kier alpha value is -2.22. The summed E-state index contributed by atoms with van der Waals surface area (Å²) in [4.78, 5) is 25.8. The molecule has 0 unspecified atom stereocenters. The van der Waals surface area contributed by atoms with E-state index in [-0.39, 0.29) is 23.4 Å². The quantitative estimate of drug-likeness (QED) is 0.654. The van der Waals surface area contributed by atoms with Crippen LogP contribution in [0.15, 0.2) is 60.7 Å². The molecule has 25 heavy (non-hydrogen) atoms. The van der Waals surface area contributed by atoms with E-state index >= 15 is 0 Å². The van der Waals surface area contributed by atoms with Crippen molar-refractivity contribution >= 4 is 11.6 Å². The third-order valence-corrected chi connectivity index (χ3v) is 5.35. The summed E-state index contributed by atoms with van der Waals surface area (Å²) in [7, 11) is 0. The molecule has 2 aromatic rings. The monoisotopic (exact) mass is 334 g/mol. The number of Topliss-reactive ketones (excluding diaryl/α,β-unsaturated/α-hetero) is 2. The highest BCUT2D eigenvalue weighted by Crippen LogP contribution is 2.33. The molecule has 1 aliphatic carbocycles. The fraction of sp³-hybridized carbons (Fsp3) is 0.391. The van der Waals surface area contributed by atoms with Gasteiger partial charge in [0, 0.05) is 23.5 Å². The second kappa shape index (κ2) is 8.75. The minimum absolute atomic E-state index is 0.0321. The van der Waals surface area contributed by atoms with Gasteiger partial charge in [-0.15, -0.1) is 0 Å². The maximum atomic E-state index is 13.1. The van der Waals surface area contributed by atoms with Crippen molar-refractivity contribution in [2.45, 2.75) is 44.9 Å². The Kier molecular flexibility index (Phi) is 6.16. The molecule has 2 atom stereocenters. The highest BCUT2D eigenvalue weighted by Gasteiger charge is 2.31. The fourth-order valence-corrected chi connectivity index (χ4v) is 3.95. The van der Waals surface area contributed by atoms with E-state index in [9.17, 15) is 9.59 Å². The van der Waals surface area contributed by atoms with Crippen LogP contribution in [0, 0.1) is 11.8 Å². The molecule has 0 bridgehead atoms. The van der Waals surface area contributed by atoms with Crippen LogP contribution in [-0.4, -0.2) is 11.6 Å². The Balaban J connectivity index is 1.79. The first-order chi connectivity index (χ1) is 12.3. The van der Waals surface area contributed by atoms with E-state index in [1.165, 1.54) is 12.8 Å². The summed E-state index contributed by atoms with van der Waals surface area (Å²) in [6, 6.07) is 19.0. The maximum Gasteiger partial charge on any atom is 0.166 e. The zero-order valence-corrected chi connectivity index (χ0v) is 14.7. The van der Waals surface area contributed by atoms with Gasteiger partial charge in [-0.3, -0.25) is 9.59 Å². The lowest BCUT2D eigenvalue weighted by molar-refractivity contribution is 0.0805. The molecule has 0 heterocycles. The lowest BCUT2D eigenvalue weighted by Crippen LogP contribution is -2.27. The van der Waals surface area contributed by atoms with Crippen LogP contribution in [0.2, 0.25) is 0 Å². The van der Waals surface area contributed by atoms with Crippen LogP contribution in [0.3, 0.4) is 0 Å². The predicted molar refractivity (Wildman–Crippen MR) is 101 cm³/mol. The maximum absolute atomic E-state index is 13.1. The molecular formula is C23H26O2. The van der Waals surface area contributed by atoms with E-state index in [0.717, 1.165) is 36.8 Å². The molecule has 1 fully saturated rings. The van der Waals surface area contributed by atoms with E-state index in [4.69, 9.17) is 0 Å². The van der Waals surface area contributed by atoms with Crippen LogP contribution in [0.1, 0.15) is 65.7 Å². The van der Waals surface area contributed by atoms with E-state index in [2.05, 4.69) is 0 Å². The Morgan fingerprint density at radius 3 is 1.92 bits per heavy atom. The fourth-order valence-electron chi connectivity index (χ4n) is 3.95. The summed E-state index contributed by atoms with van der Waals surface area (Å²) in [5, 5.41) is 0. The first-order valence-electron chi connectivity index (χ1n) is 9.43. The predicted octanol–water partition coefficient (Wildman–Crippen LogP) is 5.73. The molecule has 1 saturated carbocycles. The number of ketones is 2. The van der Waals surface area contributed by atoms with Gasteiger partial charge >= 0.3 is 0 Å². The first kappa shape index (κ1) is 17.6. The second-order valence-electron chi connectivity index (χ2n) is 7.08. The van der Waals surface area contributed by atoms with Crippen molar-refractivity contribution < 1.29 is 9.59 Å². The lowest BCUT2D eigenvalue weighted by Gasteiger charge is -2.28. The molecule has 0 amide bonds. The molecule has 0 N–H and O–H groups in total. The van der Waals surface area contributed by atoms with Gasteiger partial charge in [-0.25, -0.2) is 0 Å². The summed E-state index contributed by atoms with van der Waals surface area (Å²) < 4.78 is 0. The van der Waals surface area contributed by atoms with E-state index in [1.54, 1.807) is 0 Å². The van der Waals surface area contributed by atoms with Crippen molar-refractivity contribution in [2.24, 2.45) is 11.8 Å². The number of benzene rings is 2. The second-order valence-corrected chi connectivity index (χ2v) is 7.08. The van der Waals surface area contributed by atoms with Gasteiger partial charge in [0.15, 0.2) is 11.6 Å². The number of carbonyl (C=O) groups is 2. The number of carbonyl (C=O) groups excluding carboxylic acids is 2. The van der Waals surface area contributed by atoms with Crippen molar-refractivity contribution in [3.8, 4) is 0 Å². The SMILES string of the molecule is O=C(C[C@@H]1CCCCCC[C@H]1C(=O)c1ccccc1)c1ccccc1. The van der Waals surface area contributed by atoms with Gasteiger partial charge < -0.3 is 0 Å². The molecule has 130 valence electrons. The van der Waals surface area contributed by atoms with E-state index in [0.29, 0.717) is 6.42 Å². The van der Waals surface area contributed by atoms with Gasteiger partial charge in [-0.05, 0) is 18.8 Å². The number of rotatable bonds is 5. The van der Waals surface area contributed by atoms with Crippen molar-refractivity contribution in [3.63, 3.8) is 0 Å². The van der Waals surface area contributed by atoms with Gasteiger partial charge in [0.25, 0.3) is 0 Å². The summed E-state index contributed by atoms with van der Waals surface area (Å²) in [5.41, 5.74) is 1.54. The van der Waals surface area contributed by atoms with Crippen LogP contribution >= 0.6 is 0 Å². The van der Waals surface area contributed by atoms with Gasteiger partial charge in [0.2, 0.25) is 0 Å². The highest BCUT2D eigenvalue weighted by molar-refractivity contribution is 5.99. The molecule has 3 rings (SSSR count). The van der Waals surface area contributed by atoms with Gasteiger partial charge in [0.1, 0.15) is 0 Å². The van der Waals surface area contributed by atoms with Crippen LogP contribution < -0.4 is 0 Å². The van der Waals surface area contributed by atoms with E-state index < -0.39 is 0 Å². The third-order valence-electron chi connectivity index (χ3n) is 5.35. The Labute approximate surface area is 150 Å². The molecule has 0 radical (unpaired) electrons. The number of hydrogen-bond donors (Lipinski definition) is 0. The molecule has 2 aromatic carbocycles. The molecule has 0 saturated heterocycles. The summed E-state index contributed by atoms with van der Waals surface area (Å²) in [5.74, 6) is 0.501. The smallest absolute Gasteiger partial charge is 0.166 e. The minimum atomic E-state index is -0.0321. The first-order valence-corrected chi connectivity index (χ1v) is 9.43. The zero-order valence-electron chi connectivity index (χ0n) is 14.7. The highest BCUT2D eigenvalue weighted by atomic mass is 16.1. The molecule has 2 heteroatoms. The Morgan fingerprint density at radius 2 is 1.28 bits per heavy atom. The lowest BCUT2D eigenvalue weighted by atomic mass is 9.75. The summed E-state index contributed by atoms with van der Waals surface area (Å²) in [6.07, 6.45) is 6.96. The van der Waals surface area contributed by atoms with E-state index in [1.807, 2.05) is 60.7 Å². The minimum Gasteiger partial charge on any atom is -0.294 e. The molecular weight excluding hydrogens is 308 g/mol. The standard InChI is InChI=1S/C23H26O2/c24-22(18-11-6-3-7-12-18)17-20-15-5-1-2-10-16-21(20)23(25)19-13-8-4-9-14-19/h3-4,6-9,11-14,20-21H,1-2,5,10,15-17H2/t20-,21+/m0/s1. The molecule has 0 aromatic heterocycles. The van der Waals surface area contributed by atoms with Crippen molar-refractivity contribution in [2.75, 3.05) is 0 Å². The average Bonchev–Trinajstić information content (AvgIpc) is 2.65. The molecule has 0 spiro atoms. The summed E-state index contributed by atoms with van der Waals surface area (Å²) >= 11 is 0. The Bertz CT molecular complexity index is 691. The largest absolute Gasteiger partial charge is 0.294 e. The Morgan fingerprint density at radius 1 is 0.720 bits per heavy atom. The average molecular weight is 334 g/mol. The van der Waals surface area contributed by atoms with Crippen LogP contribution in [0.4, 0.5) is 0 Å². The van der Waals surface area contributed by atoms with Crippen molar-refractivity contribution in [3.05, 3.63) is 71.8 Å². The summed E-state index contributed by atoms with van der Waals surface area (Å²) in [6.45, 7) is 0. The van der Waals surface area contributed by atoms with Gasteiger partial charge in [-0.1, -0.05) is 86.3 Å². The number of hydrogen-bond acceptors (Lipinski definition) is 2. The molecule has 0 aliphatic heterocycles. The normalized spacial score (nSPS) is 21.1. The van der Waals surface area contributed by atoms with Gasteiger partial charge in [0.05, 0.1) is 0 Å². The molecule has 1 aliphatic rings. The van der Waals surface area contributed by atoms with Crippen molar-refractivity contribution in [1.29, 1.82) is 0 Å². The van der Waals surface area contributed by atoms with Crippen molar-refractivity contribution in [1.82, 2.24) is 0 Å². The van der Waals surface area contributed by atoms with Crippen LogP contribution in [-0.2, 0) is 0 Å². The third kappa shape index (κ3) is 4.66. The zero-order chi connectivity index (χ0) is 17.5. The van der Waals surface area contributed by atoms with Crippen LogP contribution in [0.5, 0.6) is 0 Å². The van der Waals surface area contributed by atoms with Crippen LogP contribution in [0.25, 0.3) is 0 Å². The van der Waals surface area contributed by atoms with Gasteiger partial charge in [-0.2, -0.15) is 0 Å². The molecule has 2 nitrogen and oxygen atoms in total.